The van der Waals surface area contributed by atoms with Crippen LogP contribution in [0.3, 0.4) is 0 Å². The average molecular weight is 987 g/mol. The number of allylic oxidation sites excluding steroid dienone is 4. The Kier molecular flexibility index (Phi) is 10.8. The van der Waals surface area contributed by atoms with Crippen LogP contribution in [0, 0.1) is 68.6 Å². The number of hydrogen-bond acceptors (Lipinski definition) is 10. The Labute approximate surface area is 409 Å². The van der Waals surface area contributed by atoms with E-state index in [1.54, 1.807) is 34.8 Å². The summed E-state index contributed by atoms with van der Waals surface area (Å²) in [5.41, 5.74) is 2.92. The Morgan fingerprint density at radius 3 is 1.16 bits per heavy atom. The van der Waals surface area contributed by atoms with Crippen molar-refractivity contribution in [2.24, 2.45) is 0 Å². The maximum absolute atomic E-state index is 14.5. The quantitative estimate of drug-likeness (QED) is 0.128. The molecule has 4 heterocycles. The molecular weight excluding hydrogens is 965 g/mol. The van der Waals surface area contributed by atoms with Gasteiger partial charge in [0.15, 0.2) is 34.8 Å². The fourth-order valence-electron chi connectivity index (χ4n) is 9.05. The topological polar surface area (TPSA) is 129 Å². The first-order chi connectivity index (χ1) is 34.0. The molecule has 330 valence electrons. The number of rotatable bonds is 4. The average Bonchev–Trinajstić information content (AvgIpc) is 4.24. The van der Waals surface area contributed by atoms with E-state index in [0.717, 1.165) is 85.5 Å². The Bertz CT molecular complexity index is 4010. The van der Waals surface area contributed by atoms with Crippen LogP contribution in [0.15, 0.2) is 132 Å². The van der Waals surface area contributed by atoms with Gasteiger partial charge in [-0.2, -0.15) is 21.0 Å². The molecule has 9 aromatic rings. The highest BCUT2D eigenvalue weighted by atomic mass is 32.1. The maximum atomic E-state index is 14.5. The minimum atomic E-state index is -1.21. The lowest BCUT2D eigenvalue weighted by atomic mass is 9.93. The number of ketones is 2. The van der Waals surface area contributed by atoms with Crippen LogP contribution in [0.25, 0.3) is 76.9 Å². The van der Waals surface area contributed by atoms with E-state index in [1.807, 2.05) is 85.0 Å². The van der Waals surface area contributed by atoms with Gasteiger partial charge in [-0.25, -0.2) is 17.6 Å². The van der Waals surface area contributed by atoms with Crippen molar-refractivity contribution >= 4 is 112 Å². The van der Waals surface area contributed by atoms with Gasteiger partial charge in [0.2, 0.25) is 0 Å². The van der Waals surface area contributed by atoms with E-state index < -0.39 is 34.8 Å². The van der Waals surface area contributed by atoms with Crippen molar-refractivity contribution in [3.63, 3.8) is 0 Å². The van der Waals surface area contributed by atoms with Gasteiger partial charge in [-0.3, -0.25) is 9.59 Å². The molecule has 2 aliphatic rings. The summed E-state index contributed by atoms with van der Waals surface area (Å²) in [7, 11) is 0. The molecule has 0 saturated carbocycles. The Balaban J connectivity index is 1.10. The van der Waals surface area contributed by atoms with Crippen LogP contribution < -0.4 is 18.1 Å². The summed E-state index contributed by atoms with van der Waals surface area (Å²) in [5.74, 6) is -6.05. The summed E-state index contributed by atoms with van der Waals surface area (Å²) in [6, 6.07) is 41.9. The first-order valence-corrected chi connectivity index (χ1v) is 24.2. The molecule has 0 N–H and O–H groups in total. The third-order valence-electron chi connectivity index (χ3n) is 12.0. The molecule has 2 aliphatic carbocycles. The van der Waals surface area contributed by atoms with E-state index in [9.17, 15) is 48.2 Å². The van der Waals surface area contributed by atoms with E-state index in [4.69, 9.17) is 0 Å². The van der Waals surface area contributed by atoms with E-state index in [1.165, 1.54) is 22.7 Å². The third kappa shape index (κ3) is 7.06. The molecule has 0 saturated heterocycles. The number of nitriles is 4. The van der Waals surface area contributed by atoms with Gasteiger partial charge in [-0.15, -0.1) is 45.3 Å². The summed E-state index contributed by atoms with van der Waals surface area (Å²) in [4.78, 5) is 29.4. The molecule has 0 amide bonds. The normalized spacial score (nSPS) is 15.0. The predicted molar refractivity (Wildman–Crippen MR) is 267 cm³/mol. The molecule has 0 atom stereocenters. The van der Waals surface area contributed by atoms with E-state index in [0.29, 0.717) is 9.06 Å². The van der Waals surface area contributed by atoms with Crippen molar-refractivity contribution in [1.29, 1.82) is 21.0 Å². The summed E-state index contributed by atoms with van der Waals surface area (Å²) in [6.45, 7) is 0. The molecule has 0 bridgehead atoms. The zero-order valence-electron chi connectivity index (χ0n) is 35.5. The Morgan fingerprint density at radius 1 is 0.443 bits per heavy atom. The highest BCUT2D eigenvalue weighted by Gasteiger charge is 2.36. The summed E-state index contributed by atoms with van der Waals surface area (Å²) in [5, 5.41) is 41.4. The molecule has 0 aliphatic heterocycles. The first-order valence-electron chi connectivity index (χ1n) is 21.0. The number of carbonyl (C=O) groups is 2. The molecule has 4 aromatic heterocycles. The van der Waals surface area contributed by atoms with Crippen molar-refractivity contribution < 1.29 is 27.2 Å². The predicted octanol–water partition coefficient (Wildman–Crippen LogP) is 11.5. The lowest BCUT2D eigenvalue weighted by Crippen LogP contribution is -2.07. The fraction of sp³-hybridized carbons (Fsp3) is 0. The molecule has 0 radical (unpaired) electrons. The van der Waals surface area contributed by atoms with Gasteiger partial charge in [0.25, 0.3) is 0 Å². The first kappa shape index (κ1) is 43.9. The highest BCUT2D eigenvalue weighted by Crippen LogP contribution is 2.50. The van der Waals surface area contributed by atoms with Gasteiger partial charge < -0.3 is 0 Å². The summed E-state index contributed by atoms with van der Waals surface area (Å²) >= 11 is 5.66. The number of thiophene rings is 4. The standard InChI is InChI=1S/C56H22F4N4O2S4/c57-41-19-35-37(21-43(41)59)53(65)51(47(35)29(23-61)24-62)45-13-11-31(67-45)15-33-17-39-49(27-7-3-1-4-8-27)55-40(50(56(39)70-33)28-9-5-2-6-10-28)18-34(69-55)16-32-12-14-46(68-32)52-48(30(25-63)26-64)36-20-42(58)44(60)22-38(36)54(52)66/h1-22H/b31-15-,32-16-,51-45-,52-46-. The van der Waals surface area contributed by atoms with Gasteiger partial charge >= 0.3 is 0 Å². The van der Waals surface area contributed by atoms with Crippen LogP contribution in [0.2, 0.25) is 0 Å². The second-order valence-electron chi connectivity index (χ2n) is 15.9. The zero-order chi connectivity index (χ0) is 48.5. The number of hydrogen-bond donors (Lipinski definition) is 0. The van der Waals surface area contributed by atoms with Crippen LogP contribution in [-0.2, 0) is 0 Å². The van der Waals surface area contributed by atoms with Crippen LogP contribution >= 0.6 is 45.3 Å². The second-order valence-corrected chi connectivity index (χ2v) is 20.3. The molecule has 6 nitrogen and oxygen atoms in total. The lowest BCUT2D eigenvalue weighted by Gasteiger charge is -2.12. The molecule has 14 heteroatoms. The van der Waals surface area contributed by atoms with E-state index in [2.05, 4.69) is 36.4 Å². The minimum absolute atomic E-state index is 0.00941. The molecule has 0 spiro atoms. The van der Waals surface area contributed by atoms with Gasteiger partial charge in [0, 0.05) is 92.6 Å². The number of halogens is 4. The van der Waals surface area contributed by atoms with Gasteiger partial charge in [0.1, 0.15) is 35.4 Å². The van der Waals surface area contributed by atoms with Gasteiger partial charge in [-0.1, -0.05) is 60.7 Å². The number of Topliss-reactive ketones (excluding diaryl/α,β-unsaturated/α-hetero) is 2. The molecule has 11 rings (SSSR count). The van der Waals surface area contributed by atoms with Crippen molar-refractivity contribution in [2.45, 2.75) is 0 Å². The van der Waals surface area contributed by atoms with Gasteiger partial charge in [-0.05, 0) is 95.1 Å². The maximum Gasteiger partial charge on any atom is 0.195 e. The molecule has 0 fully saturated rings. The van der Waals surface area contributed by atoms with Gasteiger partial charge in [0.05, 0.1) is 0 Å². The number of carbonyl (C=O) groups excluding carboxylic acids is 2. The molecule has 0 unspecified atom stereocenters. The number of fused-ring (bicyclic) bond motifs is 4. The smallest absolute Gasteiger partial charge is 0.195 e. The van der Waals surface area contributed by atoms with E-state index >= 15 is 0 Å². The monoisotopic (exact) mass is 986 g/mol. The molecule has 70 heavy (non-hydrogen) atoms. The largest absolute Gasteiger partial charge is 0.289 e. The molecule has 5 aromatic carbocycles. The zero-order valence-corrected chi connectivity index (χ0v) is 38.7. The second kappa shape index (κ2) is 17.2. The fourth-order valence-corrected chi connectivity index (χ4v) is 13.6. The van der Waals surface area contributed by atoms with E-state index in [-0.39, 0.29) is 55.7 Å². The van der Waals surface area contributed by atoms with Crippen molar-refractivity contribution in [3.8, 4) is 46.5 Å². The summed E-state index contributed by atoms with van der Waals surface area (Å²) in [6.07, 6.45) is 3.98. The van der Waals surface area contributed by atoms with Crippen LogP contribution in [-0.4, -0.2) is 11.6 Å². The highest BCUT2D eigenvalue weighted by molar-refractivity contribution is 7.23. The van der Waals surface area contributed by atoms with Crippen LogP contribution in [0.5, 0.6) is 0 Å². The summed E-state index contributed by atoms with van der Waals surface area (Å²) < 4.78 is 62.2. The SMILES string of the molecule is N#CC(C#N)=C1/C(=c2\cc/c(=C/c3cc4c(-c5ccccc5)c5sc(/C=c6/cc/c(=C7/C(=O)c8cc(F)c(F)cc8C7=C(C#N)C#N)s6)cc5c(-c5ccccc5)c4s3)s2)C(=O)c2cc(F)c(F)cc21. The Hall–Kier alpha value is -8.60. The van der Waals surface area contributed by atoms with Crippen molar-refractivity contribution in [1.82, 2.24) is 0 Å². The van der Waals surface area contributed by atoms with Crippen LogP contribution in [0.4, 0.5) is 17.6 Å². The minimum Gasteiger partial charge on any atom is -0.289 e. The van der Waals surface area contributed by atoms with Crippen molar-refractivity contribution in [2.75, 3.05) is 0 Å². The number of nitrogens with zero attached hydrogens (tertiary/aromatic N) is 4. The van der Waals surface area contributed by atoms with Crippen molar-refractivity contribution in [3.05, 3.63) is 206 Å². The van der Waals surface area contributed by atoms with Crippen LogP contribution in [0.1, 0.15) is 41.6 Å². The Morgan fingerprint density at radius 2 is 0.800 bits per heavy atom. The number of benzene rings is 5. The lowest BCUT2D eigenvalue weighted by molar-refractivity contribution is 0.105. The molecular formula is C56H22F4N4O2S4. The third-order valence-corrected chi connectivity index (χ3v) is 16.3.